The van der Waals surface area contributed by atoms with Crippen molar-refractivity contribution < 1.29 is 4.74 Å². The average Bonchev–Trinajstić information content (AvgIpc) is 2.81. The van der Waals surface area contributed by atoms with Crippen molar-refractivity contribution in [3.8, 4) is 5.75 Å². The number of rotatable bonds is 5. The second-order valence-corrected chi connectivity index (χ2v) is 5.02. The van der Waals surface area contributed by atoms with E-state index in [9.17, 15) is 0 Å². The van der Waals surface area contributed by atoms with Gasteiger partial charge in [-0.25, -0.2) is 0 Å². The topological polar surface area (TPSA) is 45.6 Å². The first-order valence-corrected chi connectivity index (χ1v) is 6.96. The molecule has 1 aromatic carbocycles. The molecule has 104 valence electrons. The van der Waals surface area contributed by atoms with Crippen molar-refractivity contribution in [2.75, 3.05) is 13.2 Å². The fourth-order valence-electron chi connectivity index (χ4n) is 2.02. The molecule has 0 aliphatic carbocycles. The smallest absolute Gasteiger partial charge is 0.191 e. The molecule has 2 rings (SSSR count). The third-order valence-electron chi connectivity index (χ3n) is 3.14. The Morgan fingerprint density at radius 1 is 1.47 bits per heavy atom. The van der Waals surface area contributed by atoms with Gasteiger partial charge in [-0.2, -0.15) is 0 Å². The van der Waals surface area contributed by atoms with E-state index in [1.165, 1.54) is 11.1 Å². The summed E-state index contributed by atoms with van der Waals surface area (Å²) in [6.07, 6.45) is 1.03. The van der Waals surface area contributed by atoms with E-state index in [2.05, 4.69) is 48.5 Å². The number of nitrogens with one attached hydrogen (secondary N) is 2. The maximum Gasteiger partial charge on any atom is 0.191 e. The predicted octanol–water partition coefficient (Wildman–Crippen LogP) is 2.22. The lowest BCUT2D eigenvalue weighted by Gasteiger charge is -2.12. The van der Waals surface area contributed by atoms with Gasteiger partial charge < -0.3 is 15.4 Å². The third kappa shape index (κ3) is 3.88. The molecule has 4 nitrogen and oxygen atoms in total. The minimum atomic E-state index is 0.438. The molecule has 4 heteroatoms. The standard InChI is InChI=1S/C15H23N3O/c1-4-7-19-14-6-5-13(11(2)8-14)10-17-15-16-9-12(3)18-15/h5-6,8,12H,4,7,9-10H2,1-3H3,(H2,16,17,18). The summed E-state index contributed by atoms with van der Waals surface area (Å²) in [5.74, 6) is 1.85. The SMILES string of the molecule is CCCOc1ccc(CNC2=NCC(C)N2)c(C)c1. The van der Waals surface area contributed by atoms with Crippen LogP contribution in [0.1, 0.15) is 31.4 Å². The molecule has 2 N–H and O–H groups in total. The van der Waals surface area contributed by atoms with Crippen LogP contribution in [0.5, 0.6) is 5.75 Å². The maximum absolute atomic E-state index is 5.63. The fraction of sp³-hybridized carbons (Fsp3) is 0.533. The lowest BCUT2D eigenvalue weighted by molar-refractivity contribution is 0.317. The predicted molar refractivity (Wildman–Crippen MR) is 78.7 cm³/mol. The van der Waals surface area contributed by atoms with Crippen molar-refractivity contribution in [3.05, 3.63) is 29.3 Å². The maximum atomic E-state index is 5.63. The number of guanidine groups is 1. The van der Waals surface area contributed by atoms with E-state index in [-0.39, 0.29) is 0 Å². The highest BCUT2D eigenvalue weighted by Crippen LogP contribution is 2.17. The van der Waals surface area contributed by atoms with Crippen LogP contribution < -0.4 is 15.4 Å². The Morgan fingerprint density at radius 2 is 2.32 bits per heavy atom. The molecule has 0 radical (unpaired) electrons. The summed E-state index contributed by atoms with van der Waals surface area (Å²) in [5.41, 5.74) is 2.51. The first-order chi connectivity index (χ1) is 9.19. The van der Waals surface area contributed by atoms with Gasteiger partial charge in [0.25, 0.3) is 0 Å². The van der Waals surface area contributed by atoms with Crippen LogP contribution in [0.3, 0.4) is 0 Å². The summed E-state index contributed by atoms with van der Waals surface area (Å²) in [7, 11) is 0. The molecular weight excluding hydrogens is 238 g/mol. The zero-order chi connectivity index (χ0) is 13.7. The molecule has 0 spiro atoms. The minimum absolute atomic E-state index is 0.438. The zero-order valence-corrected chi connectivity index (χ0v) is 12.0. The molecule has 1 aliphatic rings. The van der Waals surface area contributed by atoms with Crippen LogP contribution in [0.2, 0.25) is 0 Å². The molecule has 0 saturated heterocycles. The summed E-state index contributed by atoms with van der Waals surface area (Å²) in [6, 6.07) is 6.69. The van der Waals surface area contributed by atoms with Crippen molar-refractivity contribution in [1.29, 1.82) is 0 Å². The van der Waals surface area contributed by atoms with E-state index in [1.807, 2.05) is 6.07 Å². The van der Waals surface area contributed by atoms with Crippen molar-refractivity contribution >= 4 is 5.96 Å². The van der Waals surface area contributed by atoms with Crippen molar-refractivity contribution in [2.45, 2.75) is 39.8 Å². The molecule has 1 aromatic rings. The number of hydrogen-bond acceptors (Lipinski definition) is 4. The number of aliphatic imine (C=N–C) groups is 1. The van der Waals surface area contributed by atoms with Crippen molar-refractivity contribution in [1.82, 2.24) is 10.6 Å². The van der Waals surface area contributed by atoms with E-state index in [4.69, 9.17) is 4.74 Å². The molecule has 0 fully saturated rings. The molecule has 19 heavy (non-hydrogen) atoms. The number of benzene rings is 1. The van der Waals surface area contributed by atoms with Gasteiger partial charge >= 0.3 is 0 Å². The number of hydrogen-bond donors (Lipinski definition) is 2. The van der Waals surface area contributed by atoms with Gasteiger partial charge in [0, 0.05) is 12.6 Å². The summed E-state index contributed by atoms with van der Waals surface area (Å²) in [5, 5.41) is 6.63. The lowest BCUT2D eigenvalue weighted by Crippen LogP contribution is -2.37. The summed E-state index contributed by atoms with van der Waals surface area (Å²) >= 11 is 0. The fourth-order valence-corrected chi connectivity index (χ4v) is 2.02. The van der Waals surface area contributed by atoms with Crippen molar-refractivity contribution in [2.24, 2.45) is 4.99 Å². The molecule has 0 aromatic heterocycles. The van der Waals surface area contributed by atoms with E-state index in [1.54, 1.807) is 0 Å². The minimum Gasteiger partial charge on any atom is -0.494 e. The monoisotopic (exact) mass is 261 g/mol. The Bertz CT molecular complexity index is 457. The highest BCUT2D eigenvalue weighted by Gasteiger charge is 2.11. The van der Waals surface area contributed by atoms with Crippen LogP contribution >= 0.6 is 0 Å². The summed E-state index contributed by atoms with van der Waals surface area (Å²) < 4.78 is 5.63. The van der Waals surface area contributed by atoms with Gasteiger partial charge in [0.05, 0.1) is 13.2 Å². The molecule has 1 aliphatic heterocycles. The molecule has 1 heterocycles. The van der Waals surface area contributed by atoms with Crippen LogP contribution in [-0.4, -0.2) is 25.2 Å². The zero-order valence-electron chi connectivity index (χ0n) is 12.0. The highest BCUT2D eigenvalue weighted by molar-refractivity contribution is 5.81. The average molecular weight is 261 g/mol. The van der Waals surface area contributed by atoms with Gasteiger partial charge in [-0.05, 0) is 43.5 Å². The Labute approximate surface area is 115 Å². The normalized spacial score (nSPS) is 17.8. The first kappa shape index (κ1) is 13.7. The molecular formula is C15H23N3O. The van der Waals surface area contributed by atoms with Crippen LogP contribution in [0.4, 0.5) is 0 Å². The van der Waals surface area contributed by atoms with Gasteiger partial charge in [-0.3, -0.25) is 4.99 Å². The molecule has 0 amide bonds. The van der Waals surface area contributed by atoms with E-state index >= 15 is 0 Å². The van der Waals surface area contributed by atoms with Gasteiger partial charge in [0.1, 0.15) is 5.75 Å². The molecule has 0 bridgehead atoms. The Balaban J connectivity index is 1.90. The van der Waals surface area contributed by atoms with Gasteiger partial charge in [-0.15, -0.1) is 0 Å². The second-order valence-electron chi connectivity index (χ2n) is 5.02. The second kappa shape index (κ2) is 6.45. The largest absolute Gasteiger partial charge is 0.494 e. The van der Waals surface area contributed by atoms with Crippen LogP contribution in [0.15, 0.2) is 23.2 Å². The Kier molecular flexibility index (Phi) is 4.66. The first-order valence-electron chi connectivity index (χ1n) is 6.96. The quantitative estimate of drug-likeness (QED) is 0.854. The van der Waals surface area contributed by atoms with E-state index < -0.39 is 0 Å². The van der Waals surface area contributed by atoms with Crippen LogP contribution in [0.25, 0.3) is 0 Å². The van der Waals surface area contributed by atoms with Crippen LogP contribution in [0, 0.1) is 6.92 Å². The van der Waals surface area contributed by atoms with Crippen molar-refractivity contribution in [3.63, 3.8) is 0 Å². The van der Waals surface area contributed by atoms with Gasteiger partial charge in [-0.1, -0.05) is 13.0 Å². The lowest BCUT2D eigenvalue weighted by atomic mass is 10.1. The molecule has 1 unspecified atom stereocenters. The molecule has 1 atom stereocenters. The summed E-state index contributed by atoms with van der Waals surface area (Å²) in [4.78, 5) is 4.39. The van der Waals surface area contributed by atoms with Gasteiger partial charge in [0.2, 0.25) is 0 Å². The summed E-state index contributed by atoms with van der Waals surface area (Å²) in [6.45, 7) is 8.77. The third-order valence-corrected chi connectivity index (χ3v) is 3.14. The van der Waals surface area contributed by atoms with Crippen LogP contribution in [-0.2, 0) is 6.54 Å². The molecule has 0 saturated carbocycles. The number of ether oxygens (including phenoxy) is 1. The number of nitrogens with zero attached hydrogens (tertiary/aromatic N) is 1. The van der Waals surface area contributed by atoms with E-state index in [0.29, 0.717) is 6.04 Å². The van der Waals surface area contributed by atoms with Gasteiger partial charge in [0.15, 0.2) is 5.96 Å². The Morgan fingerprint density at radius 3 is 2.95 bits per heavy atom. The highest BCUT2D eigenvalue weighted by atomic mass is 16.5. The van der Waals surface area contributed by atoms with E-state index in [0.717, 1.165) is 37.8 Å². The Hall–Kier alpha value is -1.71. The number of aryl methyl sites for hydroxylation is 1.